The van der Waals surface area contributed by atoms with Crippen LogP contribution in [0.15, 0.2) is 53.0 Å². The molecule has 0 heterocycles. The lowest BCUT2D eigenvalue weighted by Crippen LogP contribution is -2.47. The van der Waals surface area contributed by atoms with E-state index in [1.807, 2.05) is 31.2 Å². The van der Waals surface area contributed by atoms with Crippen molar-refractivity contribution in [1.29, 1.82) is 0 Å². The SMILES string of the molecule is CCNC(=O)[C@@H](C)N(Cc1ccc(Br)cc1)C(=O)CCCN(c1ccc(Cl)cc1)S(C)(=O)=O. The van der Waals surface area contributed by atoms with Gasteiger partial charge in [0.15, 0.2) is 0 Å². The molecule has 0 aliphatic heterocycles. The average molecular weight is 559 g/mol. The van der Waals surface area contributed by atoms with E-state index in [2.05, 4.69) is 21.2 Å². The van der Waals surface area contributed by atoms with Gasteiger partial charge in [-0.3, -0.25) is 13.9 Å². The van der Waals surface area contributed by atoms with E-state index in [4.69, 9.17) is 11.6 Å². The third-order valence-electron chi connectivity index (χ3n) is 5.05. The highest BCUT2D eigenvalue weighted by atomic mass is 79.9. The maximum Gasteiger partial charge on any atom is 0.242 e. The van der Waals surface area contributed by atoms with Crippen molar-refractivity contribution in [2.45, 2.75) is 39.3 Å². The lowest BCUT2D eigenvalue weighted by molar-refractivity contribution is -0.140. The normalized spacial score (nSPS) is 12.2. The number of benzene rings is 2. The summed E-state index contributed by atoms with van der Waals surface area (Å²) in [6, 6.07) is 13.4. The number of sulfonamides is 1. The lowest BCUT2D eigenvalue weighted by atomic mass is 10.1. The van der Waals surface area contributed by atoms with Crippen LogP contribution in [0.25, 0.3) is 0 Å². The molecule has 2 amide bonds. The first kappa shape index (κ1) is 27.1. The van der Waals surface area contributed by atoms with Crippen molar-refractivity contribution in [3.8, 4) is 0 Å². The summed E-state index contributed by atoms with van der Waals surface area (Å²) >= 11 is 9.31. The minimum absolute atomic E-state index is 0.0971. The van der Waals surface area contributed by atoms with Crippen LogP contribution in [0, 0.1) is 0 Å². The molecule has 1 atom stereocenters. The quantitative estimate of drug-likeness (QED) is 0.448. The second-order valence-electron chi connectivity index (χ2n) is 7.63. The first-order chi connectivity index (χ1) is 15.5. The summed E-state index contributed by atoms with van der Waals surface area (Å²) in [5.74, 6) is -0.455. The fourth-order valence-corrected chi connectivity index (χ4v) is 4.66. The highest BCUT2D eigenvalue weighted by Gasteiger charge is 2.26. The average Bonchev–Trinajstić information content (AvgIpc) is 2.76. The van der Waals surface area contributed by atoms with Crippen LogP contribution in [-0.2, 0) is 26.2 Å². The summed E-state index contributed by atoms with van der Waals surface area (Å²) < 4.78 is 26.8. The van der Waals surface area contributed by atoms with E-state index in [9.17, 15) is 18.0 Å². The smallest absolute Gasteiger partial charge is 0.242 e. The fraction of sp³-hybridized carbons (Fsp3) is 0.391. The summed E-state index contributed by atoms with van der Waals surface area (Å²) in [5.41, 5.74) is 1.37. The number of nitrogens with zero attached hydrogens (tertiary/aromatic N) is 2. The standard InChI is InChI=1S/C23H29BrClN3O4S/c1-4-26-23(30)17(2)27(16-18-7-9-19(24)10-8-18)22(29)6-5-15-28(33(3,31)32)21-13-11-20(25)12-14-21/h7-14,17H,4-6,15-16H2,1-3H3,(H,26,30)/t17-/m1/s1. The summed E-state index contributed by atoms with van der Waals surface area (Å²) in [7, 11) is -3.54. The van der Waals surface area contributed by atoms with Crippen molar-refractivity contribution in [3.05, 3.63) is 63.6 Å². The number of rotatable bonds is 11. The van der Waals surface area contributed by atoms with Gasteiger partial charge in [0.1, 0.15) is 6.04 Å². The fourth-order valence-electron chi connectivity index (χ4n) is 3.30. The van der Waals surface area contributed by atoms with Crippen molar-refractivity contribution in [2.24, 2.45) is 0 Å². The molecule has 0 radical (unpaired) electrons. The van der Waals surface area contributed by atoms with Crippen LogP contribution >= 0.6 is 27.5 Å². The molecule has 2 rings (SSSR count). The molecule has 0 saturated heterocycles. The molecular formula is C23H29BrClN3O4S. The topological polar surface area (TPSA) is 86.8 Å². The second-order valence-corrected chi connectivity index (χ2v) is 10.9. The maximum absolute atomic E-state index is 13.1. The summed E-state index contributed by atoms with van der Waals surface area (Å²) in [5, 5.41) is 3.26. The Balaban J connectivity index is 2.13. The van der Waals surface area contributed by atoms with Gasteiger partial charge in [-0.2, -0.15) is 0 Å². The zero-order valence-electron chi connectivity index (χ0n) is 18.9. The zero-order chi connectivity index (χ0) is 24.6. The lowest BCUT2D eigenvalue weighted by Gasteiger charge is -2.29. The molecule has 180 valence electrons. The predicted molar refractivity (Wildman–Crippen MR) is 136 cm³/mol. The highest BCUT2D eigenvalue weighted by molar-refractivity contribution is 9.10. The van der Waals surface area contributed by atoms with Gasteiger partial charge in [-0.15, -0.1) is 0 Å². The summed E-state index contributed by atoms with van der Waals surface area (Å²) in [6.45, 7) is 4.39. The number of carbonyl (C=O) groups is 2. The molecule has 33 heavy (non-hydrogen) atoms. The van der Waals surface area contributed by atoms with Crippen LogP contribution in [0.1, 0.15) is 32.3 Å². The van der Waals surface area contributed by atoms with Crippen LogP contribution in [0.4, 0.5) is 5.69 Å². The van der Waals surface area contributed by atoms with E-state index in [-0.39, 0.29) is 31.3 Å². The van der Waals surface area contributed by atoms with Crippen molar-refractivity contribution in [2.75, 3.05) is 23.7 Å². The molecule has 0 bridgehead atoms. The van der Waals surface area contributed by atoms with Gasteiger partial charge in [-0.25, -0.2) is 8.42 Å². The van der Waals surface area contributed by atoms with Crippen LogP contribution in [0.3, 0.4) is 0 Å². The maximum atomic E-state index is 13.1. The molecule has 7 nitrogen and oxygen atoms in total. The summed E-state index contributed by atoms with van der Waals surface area (Å²) in [4.78, 5) is 27.1. The van der Waals surface area contributed by atoms with E-state index < -0.39 is 16.1 Å². The Kier molecular flexibility index (Phi) is 10.2. The van der Waals surface area contributed by atoms with Gasteiger partial charge in [-0.1, -0.05) is 39.7 Å². The second kappa shape index (κ2) is 12.4. The zero-order valence-corrected chi connectivity index (χ0v) is 22.1. The van der Waals surface area contributed by atoms with E-state index >= 15 is 0 Å². The monoisotopic (exact) mass is 557 g/mol. The van der Waals surface area contributed by atoms with Crippen molar-refractivity contribution < 1.29 is 18.0 Å². The number of carbonyl (C=O) groups excluding carboxylic acids is 2. The first-order valence-corrected chi connectivity index (χ1v) is 13.6. The molecule has 0 aliphatic carbocycles. The molecule has 0 saturated carbocycles. The molecule has 2 aromatic rings. The Bertz CT molecular complexity index is 1050. The number of halogens is 2. The molecule has 2 aromatic carbocycles. The molecule has 0 unspecified atom stereocenters. The minimum atomic E-state index is -3.54. The van der Waals surface area contributed by atoms with Crippen molar-refractivity contribution >= 4 is 55.1 Å². The number of anilines is 1. The summed E-state index contributed by atoms with van der Waals surface area (Å²) in [6.07, 6.45) is 1.52. The number of hydrogen-bond acceptors (Lipinski definition) is 4. The van der Waals surface area contributed by atoms with Gasteiger partial charge in [0.05, 0.1) is 11.9 Å². The Labute approximate surface area is 209 Å². The minimum Gasteiger partial charge on any atom is -0.355 e. The molecular weight excluding hydrogens is 530 g/mol. The van der Waals surface area contributed by atoms with Gasteiger partial charge in [0.25, 0.3) is 0 Å². The Hall–Kier alpha value is -2.10. The molecule has 10 heteroatoms. The van der Waals surface area contributed by atoms with Crippen molar-refractivity contribution in [1.82, 2.24) is 10.2 Å². The van der Waals surface area contributed by atoms with E-state index in [0.29, 0.717) is 23.7 Å². The molecule has 0 aromatic heterocycles. The largest absolute Gasteiger partial charge is 0.355 e. The molecule has 0 fully saturated rings. The highest BCUT2D eigenvalue weighted by Crippen LogP contribution is 2.21. The van der Waals surface area contributed by atoms with Gasteiger partial charge >= 0.3 is 0 Å². The van der Waals surface area contributed by atoms with Crippen LogP contribution < -0.4 is 9.62 Å². The van der Waals surface area contributed by atoms with E-state index in [1.165, 1.54) is 9.21 Å². The van der Waals surface area contributed by atoms with Gasteiger partial charge in [-0.05, 0) is 62.2 Å². The van der Waals surface area contributed by atoms with Gasteiger partial charge < -0.3 is 10.2 Å². The Morgan fingerprint density at radius 3 is 2.24 bits per heavy atom. The number of amides is 2. The van der Waals surface area contributed by atoms with E-state index in [0.717, 1.165) is 16.3 Å². The molecule has 0 spiro atoms. The van der Waals surface area contributed by atoms with Gasteiger partial charge in [0.2, 0.25) is 21.8 Å². The van der Waals surface area contributed by atoms with Crippen LogP contribution in [-0.4, -0.2) is 50.5 Å². The molecule has 0 aliphatic rings. The third kappa shape index (κ3) is 8.32. The molecule has 1 N–H and O–H groups in total. The first-order valence-electron chi connectivity index (χ1n) is 10.6. The number of hydrogen-bond donors (Lipinski definition) is 1. The van der Waals surface area contributed by atoms with Crippen molar-refractivity contribution in [3.63, 3.8) is 0 Å². The Morgan fingerprint density at radius 1 is 1.09 bits per heavy atom. The van der Waals surface area contributed by atoms with Gasteiger partial charge in [0, 0.05) is 35.6 Å². The number of nitrogens with one attached hydrogen (secondary N) is 1. The third-order valence-corrected chi connectivity index (χ3v) is 7.03. The Morgan fingerprint density at radius 2 is 1.70 bits per heavy atom. The number of likely N-dealkylation sites (N-methyl/N-ethyl adjacent to an activating group) is 1. The predicted octanol–water partition coefficient (Wildman–Crippen LogP) is 4.20. The van der Waals surface area contributed by atoms with Crippen LogP contribution in [0.2, 0.25) is 5.02 Å². The van der Waals surface area contributed by atoms with E-state index in [1.54, 1.807) is 31.2 Å². The van der Waals surface area contributed by atoms with Crippen LogP contribution in [0.5, 0.6) is 0 Å².